The van der Waals surface area contributed by atoms with Gasteiger partial charge in [0, 0.05) is 43.6 Å². The molecule has 2 saturated heterocycles. The van der Waals surface area contributed by atoms with Crippen molar-refractivity contribution < 1.29 is 4.79 Å². The lowest BCUT2D eigenvalue weighted by Crippen LogP contribution is -2.63. The topological polar surface area (TPSA) is 92.1 Å². The predicted octanol–water partition coefficient (Wildman–Crippen LogP) is 0.382. The van der Waals surface area contributed by atoms with Crippen molar-refractivity contribution in [2.45, 2.75) is 44.3 Å². The molecule has 4 heterocycles. The molecular weight excluding hydrogens is 356 g/mol. The number of aryl methyl sites for hydroxylation is 2. The average molecular weight is 384 g/mol. The molecule has 0 aromatic carbocycles. The zero-order chi connectivity index (χ0) is 19.7. The van der Waals surface area contributed by atoms with Gasteiger partial charge in [0.25, 0.3) is 5.91 Å². The van der Waals surface area contributed by atoms with Gasteiger partial charge in [-0.05, 0) is 62.3 Å². The van der Waals surface area contributed by atoms with Gasteiger partial charge in [-0.1, -0.05) is 0 Å². The van der Waals surface area contributed by atoms with E-state index in [2.05, 4.69) is 42.7 Å². The van der Waals surface area contributed by atoms with Gasteiger partial charge in [0.1, 0.15) is 0 Å². The van der Waals surface area contributed by atoms with Gasteiger partial charge in [-0.25, -0.2) is 4.68 Å². The molecule has 0 aliphatic carbocycles. The summed E-state index contributed by atoms with van der Waals surface area (Å²) in [4.78, 5) is 21.9. The van der Waals surface area contributed by atoms with Crippen molar-refractivity contribution in [3.63, 3.8) is 0 Å². The van der Waals surface area contributed by atoms with E-state index in [4.69, 9.17) is 0 Å². The van der Waals surface area contributed by atoms with Crippen LogP contribution in [0.5, 0.6) is 0 Å². The summed E-state index contributed by atoms with van der Waals surface area (Å²) >= 11 is 0. The van der Waals surface area contributed by atoms with Gasteiger partial charge < -0.3 is 5.32 Å². The fourth-order valence-corrected chi connectivity index (χ4v) is 4.68. The Kier molecular flexibility index (Phi) is 5.11. The summed E-state index contributed by atoms with van der Waals surface area (Å²) in [7, 11) is 4.05. The first-order valence-electron chi connectivity index (χ1n) is 9.86. The van der Waals surface area contributed by atoms with Crippen LogP contribution in [-0.2, 0) is 13.6 Å². The van der Waals surface area contributed by atoms with Crippen LogP contribution in [0.3, 0.4) is 0 Å². The van der Waals surface area contributed by atoms with Gasteiger partial charge in [-0.15, -0.1) is 5.10 Å². The van der Waals surface area contributed by atoms with Crippen molar-refractivity contribution >= 4 is 5.91 Å². The van der Waals surface area contributed by atoms with E-state index in [0.29, 0.717) is 5.56 Å². The summed E-state index contributed by atoms with van der Waals surface area (Å²) in [5, 5.41) is 15.1. The molecule has 2 aromatic heterocycles. The van der Waals surface area contributed by atoms with Crippen LogP contribution < -0.4 is 5.32 Å². The Labute approximate surface area is 165 Å². The van der Waals surface area contributed by atoms with Gasteiger partial charge in [-0.2, -0.15) is 0 Å². The Bertz CT molecular complexity index is 852. The van der Waals surface area contributed by atoms with Crippen molar-refractivity contribution in [2.75, 3.05) is 26.7 Å². The molecule has 28 heavy (non-hydrogen) atoms. The maximum Gasteiger partial charge on any atom is 0.251 e. The van der Waals surface area contributed by atoms with Crippen molar-refractivity contribution in [2.24, 2.45) is 7.05 Å². The number of nitrogens with zero attached hydrogens (tertiary/aromatic N) is 7. The molecule has 1 spiro atoms. The minimum absolute atomic E-state index is 0.0141. The Hall–Kier alpha value is -2.39. The van der Waals surface area contributed by atoms with Crippen LogP contribution in [0.2, 0.25) is 0 Å². The van der Waals surface area contributed by atoms with E-state index in [1.807, 2.05) is 20.0 Å². The quantitative estimate of drug-likeness (QED) is 0.815. The highest BCUT2D eigenvalue weighted by molar-refractivity contribution is 5.94. The van der Waals surface area contributed by atoms with Crippen LogP contribution in [0.4, 0.5) is 0 Å². The maximum absolute atomic E-state index is 12.9. The molecule has 150 valence electrons. The molecule has 9 nitrogen and oxygen atoms in total. The van der Waals surface area contributed by atoms with Crippen LogP contribution in [0.1, 0.15) is 41.1 Å². The fraction of sp³-hybridized carbons (Fsp3) is 0.632. The van der Waals surface area contributed by atoms with Crippen LogP contribution >= 0.6 is 0 Å². The Morgan fingerprint density at radius 3 is 2.96 bits per heavy atom. The average Bonchev–Trinajstić information content (AvgIpc) is 3.20. The number of nitrogens with one attached hydrogen (secondary N) is 1. The Morgan fingerprint density at radius 2 is 2.21 bits per heavy atom. The van der Waals surface area contributed by atoms with E-state index in [0.717, 1.165) is 57.0 Å². The summed E-state index contributed by atoms with van der Waals surface area (Å²) in [5.74, 6) is 0.852. The molecule has 2 aliphatic rings. The predicted molar refractivity (Wildman–Crippen MR) is 104 cm³/mol. The van der Waals surface area contributed by atoms with E-state index in [-0.39, 0.29) is 17.5 Å². The molecule has 2 atom stereocenters. The third-order valence-corrected chi connectivity index (χ3v) is 6.28. The van der Waals surface area contributed by atoms with Crippen LogP contribution in [0, 0.1) is 6.92 Å². The molecule has 9 heteroatoms. The molecule has 2 aromatic rings. The summed E-state index contributed by atoms with van der Waals surface area (Å²) in [5.41, 5.74) is 1.48. The normalized spacial score (nSPS) is 26.0. The molecular formula is C19H28N8O. The number of carbonyl (C=O) groups excluding carboxylic acids is 1. The zero-order valence-corrected chi connectivity index (χ0v) is 16.8. The van der Waals surface area contributed by atoms with Crippen molar-refractivity contribution in [3.05, 3.63) is 35.4 Å². The molecule has 2 unspecified atom stereocenters. The van der Waals surface area contributed by atoms with Crippen molar-refractivity contribution in [3.8, 4) is 0 Å². The first-order chi connectivity index (χ1) is 13.5. The number of hydrogen-bond donors (Lipinski definition) is 1. The van der Waals surface area contributed by atoms with Gasteiger partial charge in [0.05, 0.1) is 12.1 Å². The molecule has 0 saturated carbocycles. The Morgan fingerprint density at radius 1 is 1.36 bits per heavy atom. The van der Waals surface area contributed by atoms with Gasteiger partial charge in [0.15, 0.2) is 5.82 Å². The lowest BCUT2D eigenvalue weighted by molar-refractivity contribution is 0.0339. The number of hydrogen-bond acceptors (Lipinski definition) is 7. The van der Waals surface area contributed by atoms with E-state index in [1.54, 1.807) is 16.9 Å². The summed E-state index contributed by atoms with van der Waals surface area (Å²) < 4.78 is 1.73. The standard InChI is InChI=1S/C19H28N8O/c1-14-11-15(5-8-20-14)18(28)21-16-6-10-25(2)19(16)7-4-9-27(13-19)12-17-22-23-24-26(17)3/h5,8,11,16H,4,6-7,9-10,12-13H2,1-3H3,(H,21,28). The van der Waals surface area contributed by atoms with E-state index in [9.17, 15) is 4.79 Å². The highest BCUT2D eigenvalue weighted by atomic mass is 16.1. The van der Waals surface area contributed by atoms with Crippen LogP contribution in [0.25, 0.3) is 0 Å². The number of carbonyl (C=O) groups is 1. The van der Waals surface area contributed by atoms with E-state index >= 15 is 0 Å². The second-order valence-corrected chi connectivity index (χ2v) is 8.06. The molecule has 4 rings (SSSR count). The third kappa shape index (κ3) is 3.51. The van der Waals surface area contributed by atoms with Crippen LogP contribution in [0.15, 0.2) is 18.3 Å². The highest BCUT2D eigenvalue weighted by Gasteiger charge is 2.49. The second-order valence-electron chi connectivity index (χ2n) is 8.06. The van der Waals surface area contributed by atoms with Crippen molar-refractivity contribution in [1.29, 1.82) is 0 Å². The molecule has 1 N–H and O–H groups in total. The Balaban J connectivity index is 1.50. The smallest absolute Gasteiger partial charge is 0.251 e. The van der Waals surface area contributed by atoms with Crippen LogP contribution in [-0.4, -0.2) is 79.2 Å². The molecule has 1 amide bonds. The first kappa shape index (κ1) is 18.9. The lowest BCUT2D eigenvalue weighted by atomic mass is 9.82. The minimum Gasteiger partial charge on any atom is -0.347 e. The number of rotatable bonds is 4. The first-order valence-corrected chi connectivity index (χ1v) is 9.86. The molecule has 0 bridgehead atoms. The SMILES string of the molecule is Cc1cc(C(=O)NC2CCN(C)C23CCCN(Cc2nnnn2C)C3)ccn1. The fourth-order valence-electron chi connectivity index (χ4n) is 4.68. The largest absolute Gasteiger partial charge is 0.347 e. The van der Waals surface area contributed by atoms with Crippen molar-refractivity contribution in [1.82, 2.24) is 40.3 Å². The zero-order valence-electron chi connectivity index (χ0n) is 16.8. The van der Waals surface area contributed by atoms with Gasteiger partial charge in [0.2, 0.25) is 0 Å². The molecule has 2 fully saturated rings. The number of piperidine rings is 1. The molecule has 2 aliphatic heterocycles. The minimum atomic E-state index is -0.0536. The second kappa shape index (κ2) is 7.56. The summed E-state index contributed by atoms with van der Waals surface area (Å²) in [6.45, 7) is 5.54. The van der Waals surface area contributed by atoms with Gasteiger partial charge in [-0.3, -0.25) is 19.6 Å². The number of tetrazole rings is 1. The number of amides is 1. The number of likely N-dealkylation sites (tertiary alicyclic amines) is 2. The maximum atomic E-state index is 12.9. The highest BCUT2D eigenvalue weighted by Crippen LogP contribution is 2.37. The lowest BCUT2D eigenvalue weighted by Gasteiger charge is -2.47. The molecule has 0 radical (unpaired) electrons. The number of aromatic nitrogens is 5. The number of likely N-dealkylation sites (N-methyl/N-ethyl adjacent to an activating group) is 1. The monoisotopic (exact) mass is 384 g/mol. The number of pyridine rings is 1. The summed E-state index contributed by atoms with van der Waals surface area (Å²) in [6, 6.07) is 3.75. The third-order valence-electron chi connectivity index (χ3n) is 6.28. The summed E-state index contributed by atoms with van der Waals surface area (Å²) in [6.07, 6.45) is 4.83. The van der Waals surface area contributed by atoms with E-state index < -0.39 is 0 Å². The van der Waals surface area contributed by atoms with E-state index in [1.165, 1.54) is 0 Å². The van der Waals surface area contributed by atoms with Gasteiger partial charge >= 0.3 is 0 Å².